The summed E-state index contributed by atoms with van der Waals surface area (Å²) in [6.07, 6.45) is 0. The lowest BCUT2D eigenvalue weighted by Gasteiger charge is -2.37. The van der Waals surface area contributed by atoms with Gasteiger partial charge in [-0.3, -0.25) is 0 Å². The van der Waals surface area contributed by atoms with E-state index in [0.717, 1.165) is 0 Å². The van der Waals surface area contributed by atoms with Gasteiger partial charge in [0.1, 0.15) is 5.75 Å². The highest BCUT2D eigenvalue weighted by Gasteiger charge is 2.39. The van der Waals surface area contributed by atoms with Gasteiger partial charge in [0.25, 0.3) is 0 Å². The van der Waals surface area contributed by atoms with E-state index in [1.54, 1.807) is 12.1 Å². The monoisotopic (exact) mass is 344 g/mol. The van der Waals surface area contributed by atoms with E-state index in [0.29, 0.717) is 22.2 Å². The van der Waals surface area contributed by atoms with Crippen LogP contribution in [0.3, 0.4) is 0 Å². The van der Waals surface area contributed by atoms with Crippen molar-refractivity contribution in [1.29, 1.82) is 0 Å². The normalized spacial score (nSPS) is 12.3. The molecule has 0 saturated heterocycles. The Balaban J connectivity index is 3.22. The van der Waals surface area contributed by atoms with E-state index in [4.69, 9.17) is 4.43 Å². The number of carboxylic acid groups (broad SMARTS) is 1. The molecular weight excluding hydrogens is 324 g/mol. The lowest BCUT2D eigenvalue weighted by molar-refractivity contribution is 0.0695. The molecule has 1 rings (SSSR count). The van der Waals surface area contributed by atoms with Gasteiger partial charge in [-0.2, -0.15) is 0 Å². The summed E-state index contributed by atoms with van der Waals surface area (Å²) in [5.74, 6) is -0.238. The number of hydrogen-bond donors (Lipinski definition) is 1. The van der Waals surface area contributed by atoms with E-state index in [1.807, 2.05) is 6.07 Å². The summed E-state index contributed by atoms with van der Waals surface area (Å²) >= 11 is 3.36. The van der Waals surface area contributed by atoms with Crippen LogP contribution < -0.4 is 4.43 Å². The van der Waals surface area contributed by atoms with Crippen LogP contribution in [0.2, 0.25) is 18.1 Å². The first-order valence-corrected chi connectivity index (χ1v) is 10.2. The first-order chi connectivity index (χ1) is 8.60. The number of carboxylic acids is 1. The molecule has 1 aromatic rings. The zero-order chi connectivity index (χ0) is 14.8. The summed E-state index contributed by atoms with van der Waals surface area (Å²) in [6, 6.07) is 5.19. The average molecular weight is 345 g/mol. The number of benzene rings is 1. The van der Waals surface area contributed by atoms with Gasteiger partial charge < -0.3 is 9.53 Å². The van der Waals surface area contributed by atoms with Crippen molar-refractivity contribution in [3.05, 3.63) is 29.3 Å². The van der Waals surface area contributed by atoms with Crippen LogP contribution in [-0.2, 0) is 5.33 Å². The third-order valence-corrected chi connectivity index (χ3v) is 8.57. The van der Waals surface area contributed by atoms with Crippen molar-refractivity contribution in [2.75, 3.05) is 0 Å². The van der Waals surface area contributed by atoms with E-state index in [9.17, 15) is 9.90 Å². The predicted molar refractivity (Wildman–Crippen MR) is 83.9 cm³/mol. The van der Waals surface area contributed by atoms with Crippen molar-refractivity contribution in [2.45, 2.75) is 44.2 Å². The van der Waals surface area contributed by atoms with Gasteiger partial charge in [-0.05, 0) is 30.3 Å². The molecule has 0 aliphatic heterocycles. The quantitative estimate of drug-likeness (QED) is 0.637. The lowest BCUT2D eigenvalue weighted by Crippen LogP contribution is -2.44. The van der Waals surface area contributed by atoms with Gasteiger partial charge in [-0.25, -0.2) is 4.79 Å². The fourth-order valence-electron chi connectivity index (χ4n) is 1.43. The van der Waals surface area contributed by atoms with Gasteiger partial charge in [0.2, 0.25) is 8.32 Å². The Morgan fingerprint density at radius 1 is 1.37 bits per heavy atom. The van der Waals surface area contributed by atoms with E-state index in [1.165, 1.54) is 0 Å². The summed E-state index contributed by atoms with van der Waals surface area (Å²) in [4.78, 5) is 11.2. The molecule has 0 heterocycles. The number of aromatic carboxylic acids is 1. The van der Waals surface area contributed by atoms with Crippen LogP contribution >= 0.6 is 15.9 Å². The van der Waals surface area contributed by atoms with E-state index < -0.39 is 14.3 Å². The molecule has 0 atom stereocenters. The molecule has 1 N–H and O–H groups in total. The summed E-state index contributed by atoms with van der Waals surface area (Å²) in [5, 5.41) is 9.77. The predicted octanol–water partition coefficient (Wildman–Crippen LogP) is 4.66. The Morgan fingerprint density at radius 3 is 2.37 bits per heavy atom. The van der Waals surface area contributed by atoms with E-state index in [-0.39, 0.29) is 5.04 Å². The maximum atomic E-state index is 11.2. The molecular formula is C14H21BrO3Si. The number of alkyl halides is 1. The standard InChI is InChI=1S/C14H21BrO3Si/c1-14(2,3)19(4,5)18-12-8-6-7-10(13(16)17)11(12)9-15/h6-8H,9H2,1-5H3,(H,16,17). The highest BCUT2D eigenvalue weighted by molar-refractivity contribution is 9.08. The number of rotatable bonds is 4. The summed E-state index contributed by atoms with van der Waals surface area (Å²) in [6.45, 7) is 10.8. The van der Waals surface area contributed by atoms with E-state index >= 15 is 0 Å². The molecule has 19 heavy (non-hydrogen) atoms. The SMILES string of the molecule is CC(C)(C)[Si](C)(C)Oc1cccc(C(=O)O)c1CBr. The molecule has 0 aliphatic carbocycles. The average Bonchev–Trinajstić information content (AvgIpc) is 2.26. The van der Waals surface area contributed by atoms with Crippen LogP contribution in [-0.4, -0.2) is 19.4 Å². The lowest BCUT2D eigenvalue weighted by atomic mass is 10.1. The molecule has 3 nitrogen and oxygen atoms in total. The molecule has 0 bridgehead atoms. The van der Waals surface area contributed by atoms with Gasteiger partial charge in [0, 0.05) is 10.9 Å². The van der Waals surface area contributed by atoms with Crippen molar-refractivity contribution in [3.63, 3.8) is 0 Å². The van der Waals surface area contributed by atoms with Crippen molar-refractivity contribution < 1.29 is 14.3 Å². The van der Waals surface area contributed by atoms with Crippen molar-refractivity contribution in [1.82, 2.24) is 0 Å². The maximum Gasteiger partial charge on any atom is 0.336 e. The summed E-state index contributed by atoms with van der Waals surface area (Å²) in [7, 11) is -1.96. The largest absolute Gasteiger partial charge is 0.543 e. The smallest absolute Gasteiger partial charge is 0.336 e. The van der Waals surface area contributed by atoms with Crippen molar-refractivity contribution in [2.24, 2.45) is 0 Å². The van der Waals surface area contributed by atoms with Gasteiger partial charge in [-0.15, -0.1) is 0 Å². The van der Waals surface area contributed by atoms with Gasteiger partial charge in [0.05, 0.1) is 5.56 Å². The molecule has 0 saturated carbocycles. The number of hydrogen-bond acceptors (Lipinski definition) is 2. The molecule has 0 radical (unpaired) electrons. The van der Waals surface area contributed by atoms with Crippen LogP contribution in [0.15, 0.2) is 18.2 Å². The Labute approximate surface area is 124 Å². The summed E-state index contributed by atoms with van der Waals surface area (Å²) < 4.78 is 6.22. The molecule has 0 unspecified atom stereocenters. The number of halogens is 1. The molecule has 0 amide bonds. The minimum absolute atomic E-state index is 0.0792. The Morgan fingerprint density at radius 2 is 1.95 bits per heavy atom. The number of carbonyl (C=O) groups is 1. The molecule has 0 aromatic heterocycles. The van der Waals surface area contributed by atoms with Gasteiger partial charge in [0.15, 0.2) is 0 Å². The first kappa shape index (κ1) is 16.2. The maximum absolute atomic E-state index is 11.2. The highest BCUT2D eigenvalue weighted by atomic mass is 79.9. The zero-order valence-corrected chi connectivity index (χ0v) is 14.7. The minimum Gasteiger partial charge on any atom is -0.543 e. The molecule has 0 aliphatic rings. The van der Waals surface area contributed by atoms with E-state index in [2.05, 4.69) is 49.8 Å². The third-order valence-electron chi connectivity index (χ3n) is 3.67. The second kappa shape index (κ2) is 5.67. The summed E-state index contributed by atoms with van der Waals surface area (Å²) in [5.41, 5.74) is 1.01. The highest BCUT2D eigenvalue weighted by Crippen LogP contribution is 2.39. The zero-order valence-electron chi connectivity index (χ0n) is 12.1. The second-order valence-electron chi connectivity index (χ2n) is 6.08. The Hall–Kier alpha value is -0.813. The molecule has 5 heteroatoms. The van der Waals surface area contributed by atoms with Crippen LogP contribution in [0.1, 0.15) is 36.7 Å². The molecule has 106 valence electrons. The first-order valence-electron chi connectivity index (χ1n) is 6.20. The fraction of sp³-hybridized carbons (Fsp3) is 0.500. The molecule has 1 aromatic carbocycles. The van der Waals surface area contributed by atoms with Gasteiger partial charge >= 0.3 is 5.97 Å². The van der Waals surface area contributed by atoms with Crippen LogP contribution in [0, 0.1) is 0 Å². The van der Waals surface area contributed by atoms with Crippen LogP contribution in [0.25, 0.3) is 0 Å². The van der Waals surface area contributed by atoms with Crippen LogP contribution in [0.4, 0.5) is 0 Å². The fourth-order valence-corrected chi connectivity index (χ4v) is 3.05. The van der Waals surface area contributed by atoms with Crippen LogP contribution in [0.5, 0.6) is 5.75 Å². The second-order valence-corrected chi connectivity index (χ2v) is 11.4. The van der Waals surface area contributed by atoms with Gasteiger partial charge in [-0.1, -0.05) is 42.8 Å². The Kier molecular flexibility index (Phi) is 4.85. The van der Waals surface area contributed by atoms with Crippen molar-refractivity contribution in [3.8, 4) is 5.75 Å². The van der Waals surface area contributed by atoms with Crippen molar-refractivity contribution >= 4 is 30.2 Å². The topological polar surface area (TPSA) is 46.5 Å². The molecule has 0 spiro atoms. The molecule has 0 fully saturated rings. The third kappa shape index (κ3) is 3.60. The minimum atomic E-state index is -1.96. The Bertz CT molecular complexity index is 478.